The van der Waals surface area contributed by atoms with E-state index in [1.807, 2.05) is 6.92 Å². The first-order valence-corrected chi connectivity index (χ1v) is 5.90. The van der Waals surface area contributed by atoms with E-state index in [0.29, 0.717) is 13.1 Å². The van der Waals surface area contributed by atoms with Crippen LogP contribution in [-0.4, -0.2) is 30.2 Å². The molecule has 2 amide bonds. The molecule has 0 aromatic rings. The molecule has 0 rings (SSSR count). The van der Waals surface area contributed by atoms with Crippen LogP contribution in [0, 0.1) is 0 Å². The highest BCUT2D eigenvalue weighted by Gasteiger charge is 1.98. The third kappa shape index (κ3) is 10.8. The van der Waals surface area contributed by atoms with E-state index in [0.717, 1.165) is 32.1 Å². The molecule has 5 nitrogen and oxygen atoms in total. The third-order valence-corrected chi connectivity index (χ3v) is 2.14. The van der Waals surface area contributed by atoms with Crippen LogP contribution in [0.2, 0.25) is 0 Å². The standard InChI is InChI=1S/C11H22N2O3/c1-2-8-12-11(16)13-9-6-4-3-5-7-10(14)15/h2-9H2,1H3,(H,14,15)(H2,12,13,16). The Hall–Kier alpha value is -1.26. The van der Waals surface area contributed by atoms with Gasteiger partial charge in [-0.3, -0.25) is 4.79 Å². The van der Waals surface area contributed by atoms with Gasteiger partial charge >= 0.3 is 12.0 Å². The lowest BCUT2D eigenvalue weighted by Crippen LogP contribution is -2.36. The van der Waals surface area contributed by atoms with Crippen LogP contribution in [0.4, 0.5) is 4.79 Å². The van der Waals surface area contributed by atoms with Gasteiger partial charge in [-0.25, -0.2) is 4.79 Å². The number of nitrogens with one attached hydrogen (secondary N) is 2. The van der Waals surface area contributed by atoms with Gasteiger partial charge in [-0.15, -0.1) is 0 Å². The SMILES string of the molecule is CCCNC(=O)NCCCCCCC(=O)O. The zero-order valence-corrected chi connectivity index (χ0v) is 9.92. The minimum absolute atomic E-state index is 0.118. The van der Waals surface area contributed by atoms with E-state index in [9.17, 15) is 9.59 Å². The summed E-state index contributed by atoms with van der Waals surface area (Å²) >= 11 is 0. The molecule has 0 aliphatic carbocycles. The fraction of sp³-hybridized carbons (Fsp3) is 0.818. The molecule has 0 aromatic carbocycles. The molecular weight excluding hydrogens is 208 g/mol. The molecule has 0 aliphatic heterocycles. The average Bonchev–Trinajstić information content (AvgIpc) is 2.24. The molecule has 0 atom stereocenters. The molecule has 0 saturated carbocycles. The van der Waals surface area contributed by atoms with E-state index < -0.39 is 5.97 Å². The van der Waals surface area contributed by atoms with Crippen molar-refractivity contribution in [3.05, 3.63) is 0 Å². The number of unbranched alkanes of at least 4 members (excludes halogenated alkanes) is 3. The summed E-state index contributed by atoms with van der Waals surface area (Å²) < 4.78 is 0. The van der Waals surface area contributed by atoms with E-state index in [-0.39, 0.29) is 12.5 Å². The zero-order chi connectivity index (χ0) is 12.2. The van der Waals surface area contributed by atoms with Gasteiger partial charge in [-0.05, 0) is 19.3 Å². The second-order valence-corrected chi connectivity index (χ2v) is 3.74. The number of hydrogen-bond acceptors (Lipinski definition) is 2. The fourth-order valence-electron chi connectivity index (χ4n) is 1.26. The van der Waals surface area contributed by atoms with Crippen molar-refractivity contribution in [2.45, 2.75) is 45.4 Å². The number of amides is 2. The summed E-state index contributed by atoms with van der Waals surface area (Å²) in [6, 6.07) is -0.118. The molecule has 3 N–H and O–H groups in total. The number of rotatable bonds is 9. The summed E-state index contributed by atoms with van der Waals surface area (Å²) in [5, 5.41) is 13.9. The van der Waals surface area contributed by atoms with Gasteiger partial charge < -0.3 is 15.7 Å². The smallest absolute Gasteiger partial charge is 0.314 e. The van der Waals surface area contributed by atoms with Crippen molar-refractivity contribution in [1.82, 2.24) is 10.6 Å². The highest BCUT2D eigenvalue weighted by Crippen LogP contribution is 2.01. The van der Waals surface area contributed by atoms with Gasteiger partial charge in [0, 0.05) is 19.5 Å². The van der Waals surface area contributed by atoms with Crippen molar-refractivity contribution < 1.29 is 14.7 Å². The largest absolute Gasteiger partial charge is 0.481 e. The highest BCUT2D eigenvalue weighted by molar-refractivity contribution is 5.73. The minimum Gasteiger partial charge on any atom is -0.481 e. The topological polar surface area (TPSA) is 78.4 Å². The number of carboxylic acid groups (broad SMARTS) is 1. The molecule has 0 aliphatic rings. The molecule has 16 heavy (non-hydrogen) atoms. The Morgan fingerprint density at radius 1 is 1.00 bits per heavy atom. The third-order valence-electron chi connectivity index (χ3n) is 2.14. The molecule has 0 aromatic heterocycles. The minimum atomic E-state index is -0.739. The molecule has 0 bridgehead atoms. The van der Waals surface area contributed by atoms with Gasteiger partial charge in [0.15, 0.2) is 0 Å². The molecule has 0 unspecified atom stereocenters. The van der Waals surface area contributed by atoms with Crippen LogP contribution in [0.25, 0.3) is 0 Å². The molecule has 0 saturated heterocycles. The molecule has 0 fully saturated rings. The fourth-order valence-corrected chi connectivity index (χ4v) is 1.26. The van der Waals surface area contributed by atoms with E-state index >= 15 is 0 Å². The molecule has 0 spiro atoms. The zero-order valence-electron chi connectivity index (χ0n) is 9.92. The first-order valence-electron chi connectivity index (χ1n) is 5.90. The van der Waals surface area contributed by atoms with Crippen molar-refractivity contribution in [2.24, 2.45) is 0 Å². The number of carbonyl (C=O) groups is 2. The summed E-state index contributed by atoms with van der Waals surface area (Å²) in [6.45, 7) is 3.36. The van der Waals surface area contributed by atoms with Gasteiger partial charge in [0.05, 0.1) is 0 Å². The van der Waals surface area contributed by atoms with Crippen LogP contribution in [0.15, 0.2) is 0 Å². The second kappa shape index (κ2) is 10.3. The Labute approximate surface area is 96.6 Å². The van der Waals surface area contributed by atoms with Gasteiger partial charge in [-0.1, -0.05) is 19.8 Å². The van der Waals surface area contributed by atoms with Crippen LogP contribution in [0.1, 0.15) is 45.4 Å². The Morgan fingerprint density at radius 3 is 2.25 bits per heavy atom. The van der Waals surface area contributed by atoms with Crippen molar-refractivity contribution in [1.29, 1.82) is 0 Å². The first kappa shape index (κ1) is 14.7. The lowest BCUT2D eigenvalue weighted by atomic mass is 10.1. The van der Waals surface area contributed by atoms with Gasteiger partial charge in [-0.2, -0.15) is 0 Å². The van der Waals surface area contributed by atoms with E-state index in [4.69, 9.17) is 5.11 Å². The van der Waals surface area contributed by atoms with E-state index in [1.54, 1.807) is 0 Å². The highest BCUT2D eigenvalue weighted by atomic mass is 16.4. The summed E-state index contributed by atoms with van der Waals surface area (Å²) in [7, 11) is 0. The predicted molar refractivity (Wildman–Crippen MR) is 62.4 cm³/mol. The van der Waals surface area contributed by atoms with Crippen LogP contribution >= 0.6 is 0 Å². The van der Waals surface area contributed by atoms with Crippen LogP contribution in [0.5, 0.6) is 0 Å². The number of carbonyl (C=O) groups excluding carboxylic acids is 1. The number of urea groups is 1. The molecule has 94 valence electrons. The second-order valence-electron chi connectivity index (χ2n) is 3.74. The normalized spacial score (nSPS) is 9.81. The molecule has 5 heteroatoms. The van der Waals surface area contributed by atoms with Crippen molar-refractivity contribution in [3.8, 4) is 0 Å². The van der Waals surface area contributed by atoms with E-state index in [1.165, 1.54) is 0 Å². The van der Waals surface area contributed by atoms with Crippen LogP contribution in [0.3, 0.4) is 0 Å². The maximum Gasteiger partial charge on any atom is 0.314 e. The van der Waals surface area contributed by atoms with Gasteiger partial charge in [0.1, 0.15) is 0 Å². The summed E-state index contributed by atoms with van der Waals surface area (Å²) in [6.07, 6.45) is 4.66. The van der Waals surface area contributed by atoms with Crippen LogP contribution in [-0.2, 0) is 4.79 Å². The predicted octanol–water partition coefficient (Wildman–Crippen LogP) is 1.73. The Morgan fingerprint density at radius 2 is 1.62 bits per heavy atom. The van der Waals surface area contributed by atoms with Crippen LogP contribution < -0.4 is 10.6 Å². The number of hydrogen-bond donors (Lipinski definition) is 3. The first-order chi connectivity index (χ1) is 7.66. The van der Waals surface area contributed by atoms with Crippen molar-refractivity contribution in [3.63, 3.8) is 0 Å². The van der Waals surface area contributed by atoms with Gasteiger partial charge in [0.25, 0.3) is 0 Å². The Balaban J connectivity index is 3.14. The summed E-state index contributed by atoms with van der Waals surface area (Å²) in [5.74, 6) is -0.739. The lowest BCUT2D eigenvalue weighted by molar-refractivity contribution is -0.137. The average molecular weight is 230 g/mol. The monoisotopic (exact) mass is 230 g/mol. The molecule has 0 radical (unpaired) electrons. The number of carboxylic acids is 1. The molecule has 0 heterocycles. The van der Waals surface area contributed by atoms with E-state index in [2.05, 4.69) is 10.6 Å². The maximum atomic E-state index is 11.1. The summed E-state index contributed by atoms with van der Waals surface area (Å²) in [4.78, 5) is 21.3. The Kier molecular flexibility index (Phi) is 9.46. The van der Waals surface area contributed by atoms with Crippen molar-refractivity contribution in [2.75, 3.05) is 13.1 Å². The lowest BCUT2D eigenvalue weighted by Gasteiger charge is -2.05. The van der Waals surface area contributed by atoms with Gasteiger partial charge in [0.2, 0.25) is 0 Å². The summed E-state index contributed by atoms with van der Waals surface area (Å²) in [5.41, 5.74) is 0. The molecular formula is C11H22N2O3. The van der Waals surface area contributed by atoms with Crippen molar-refractivity contribution >= 4 is 12.0 Å². The maximum absolute atomic E-state index is 11.1. The Bertz CT molecular complexity index is 207. The number of aliphatic carboxylic acids is 1. The quantitative estimate of drug-likeness (QED) is 0.528.